The second-order valence-corrected chi connectivity index (χ2v) is 9.25. The molecule has 0 bridgehead atoms. The van der Waals surface area contributed by atoms with Gasteiger partial charge in [0.05, 0.1) is 5.41 Å². The lowest BCUT2D eigenvalue weighted by Crippen LogP contribution is -2.29. The van der Waals surface area contributed by atoms with Crippen molar-refractivity contribution in [3.63, 3.8) is 0 Å². The van der Waals surface area contributed by atoms with Crippen molar-refractivity contribution in [2.24, 2.45) is 0 Å². The molecule has 5 aromatic rings. The van der Waals surface area contributed by atoms with Crippen molar-refractivity contribution in [2.45, 2.75) is 18.8 Å². The van der Waals surface area contributed by atoms with Gasteiger partial charge >= 0.3 is 0 Å². The second kappa shape index (κ2) is 8.04. The molecule has 0 radical (unpaired) electrons. The topological polar surface area (TPSA) is 26.0 Å². The summed E-state index contributed by atoms with van der Waals surface area (Å²) in [7, 11) is 0. The zero-order valence-corrected chi connectivity index (χ0v) is 19.3. The smallest absolute Gasteiger partial charge is 0.0733 e. The predicted molar refractivity (Wildman–Crippen MR) is 142 cm³/mol. The van der Waals surface area contributed by atoms with E-state index in [1.165, 1.54) is 50.1 Å². The van der Waals surface area contributed by atoms with Crippen molar-refractivity contribution in [1.29, 1.82) is 0 Å². The SMILES string of the molecule is Cc1cccc2c1-c1cc(Cc3ccccc3)cc(N)c1C2(c1ccccc1)c1ccccc1. The predicted octanol–water partition coefficient (Wildman–Crippen LogP) is 7.53. The maximum absolute atomic E-state index is 7.01. The van der Waals surface area contributed by atoms with Gasteiger partial charge in [-0.3, -0.25) is 0 Å². The fraction of sp³-hybridized carbons (Fsp3) is 0.0909. The van der Waals surface area contributed by atoms with Gasteiger partial charge in [-0.2, -0.15) is 0 Å². The van der Waals surface area contributed by atoms with E-state index in [2.05, 4.69) is 128 Å². The maximum Gasteiger partial charge on any atom is 0.0733 e. The Hall–Kier alpha value is -4.10. The van der Waals surface area contributed by atoms with E-state index in [0.29, 0.717) is 0 Å². The van der Waals surface area contributed by atoms with Crippen LogP contribution in [0, 0.1) is 6.92 Å². The lowest BCUT2D eigenvalue weighted by atomic mass is 9.67. The summed E-state index contributed by atoms with van der Waals surface area (Å²) in [4.78, 5) is 0. The molecular weight excluding hydrogens is 410 g/mol. The summed E-state index contributed by atoms with van der Waals surface area (Å²) < 4.78 is 0. The molecule has 0 amide bonds. The number of benzene rings is 5. The Balaban J connectivity index is 1.70. The van der Waals surface area contributed by atoms with Crippen LogP contribution in [-0.4, -0.2) is 0 Å². The number of nitrogen functional groups attached to an aromatic ring is 1. The van der Waals surface area contributed by atoms with Crippen LogP contribution < -0.4 is 5.73 Å². The molecule has 1 heteroatoms. The van der Waals surface area contributed by atoms with Crippen molar-refractivity contribution in [2.75, 3.05) is 5.73 Å². The van der Waals surface area contributed by atoms with Crippen molar-refractivity contribution in [3.05, 3.63) is 160 Å². The standard InChI is InChI=1S/C33H27N/c1-23-12-11-19-29-31(23)28-21-25(20-24-13-5-2-6-14-24)22-30(34)32(28)33(29,26-15-7-3-8-16-26)27-17-9-4-10-18-27/h2-19,21-22H,20,34H2,1H3. The molecule has 2 N–H and O–H groups in total. The highest BCUT2D eigenvalue weighted by Gasteiger charge is 2.47. The fourth-order valence-electron chi connectivity index (χ4n) is 5.89. The van der Waals surface area contributed by atoms with Crippen molar-refractivity contribution in [3.8, 4) is 11.1 Å². The molecule has 164 valence electrons. The van der Waals surface area contributed by atoms with E-state index >= 15 is 0 Å². The van der Waals surface area contributed by atoms with Crippen molar-refractivity contribution >= 4 is 5.69 Å². The normalized spacial score (nSPS) is 13.3. The molecule has 0 unspecified atom stereocenters. The van der Waals surface area contributed by atoms with Crippen LogP contribution in [0.2, 0.25) is 0 Å². The number of hydrogen-bond acceptors (Lipinski definition) is 1. The minimum Gasteiger partial charge on any atom is -0.398 e. The van der Waals surface area contributed by atoms with Crippen molar-refractivity contribution < 1.29 is 0 Å². The molecule has 0 saturated carbocycles. The summed E-state index contributed by atoms with van der Waals surface area (Å²) in [6.45, 7) is 2.22. The van der Waals surface area contributed by atoms with Crippen LogP contribution in [0.25, 0.3) is 11.1 Å². The molecule has 0 saturated heterocycles. The first-order chi connectivity index (χ1) is 16.7. The molecule has 6 rings (SSSR count). The molecule has 0 heterocycles. The molecule has 1 aliphatic rings. The third-order valence-corrected chi connectivity index (χ3v) is 7.21. The Morgan fingerprint density at radius 1 is 0.618 bits per heavy atom. The number of rotatable bonds is 4. The molecule has 0 spiro atoms. The van der Waals surface area contributed by atoms with E-state index in [9.17, 15) is 0 Å². The van der Waals surface area contributed by atoms with Crippen LogP contribution in [0.4, 0.5) is 5.69 Å². The first-order valence-corrected chi connectivity index (χ1v) is 11.9. The minimum absolute atomic E-state index is 0.450. The number of aryl methyl sites for hydroxylation is 1. The molecule has 5 aromatic carbocycles. The second-order valence-electron chi connectivity index (χ2n) is 9.25. The third kappa shape index (κ3) is 3.01. The zero-order valence-electron chi connectivity index (χ0n) is 19.3. The molecule has 1 nitrogen and oxygen atoms in total. The van der Waals surface area contributed by atoms with E-state index in [0.717, 1.165) is 12.1 Å². The number of fused-ring (bicyclic) bond motifs is 3. The lowest BCUT2D eigenvalue weighted by Gasteiger charge is -2.34. The van der Waals surface area contributed by atoms with Crippen molar-refractivity contribution in [1.82, 2.24) is 0 Å². The summed E-state index contributed by atoms with van der Waals surface area (Å²) in [5.74, 6) is 0. The van der Waals surface area contributed by atoms with Crippen LogP contribution in [-0.2, 0) is 11.8 Å². The Morgan fingerprint density at radius 2 is 1.21 bits per heavy atom. The molecule has 0 aromatic heterocycles. The van der Waals surface area contributed by atoms with Gasteiger partial charge < -0.3 is 5.73 Å². The molecule has 34 heavy (non-hydrogen) atoms. The van der Waals surface area contributed by atoms with E-state index in [-0.39, 0.29) is 0 Å². The van der Waals surface area contributed by atoms with Gasteiger partial charge in [-0.1, -0.05) is 115 Å². The summed E-state index contributed by atoms with van der Waals surface area (Å²) in [6.07, 6.45) is 0.864. The molecule has 1 aliphatic carbocycles. The Kier molecular flexibility index (Phi) is 4.85. The largest absolute Gasteiger partial charge is 0.398 e. The third-order valence-electron chi connectivity index (χ3n) is 7.21. The first-order valence-electron chi connectivity index (χ1n) is 11.9. The molecule has 0 fully saturated rings. The molecular formula is C33H27N. The van der Waals surface area contributed by atoms with E-state index < -0.39 is 5.41 Å². The van der Waals surface area contributed by atoms with E-state index in [1.807, 2.05) is 0 Å². The van der Waals surface area contributed by atoms with Gasteiger partial charge in [-0.05, 0) is 63.9 Å². The Labute approximate surface area is 201 Å². The minimum atomic E-state index is -0.450. The average molecular weight is 438 g/mol. The molecule has 0 atom stereocenters. The van der Waals surface area contributed by atoms with Gasteiger partial charge in [0.1, 0.15) is 0 Å². The summed E-state index contributed by atoms with van der Waals surface area (Å²) in [6, 6.07) is 43.5. The van der Waals surface area contributed by atoms with Gasteiger partial charge in [0, 0.05) is 11.3 Å². The average Bonchev–Trinajstić information content (AvgIpc) is 3.18. The van der Waals surface area contributed by atoms with Crippen LogP contribution in [0.3, 0.4) is 0 Å². The first kappa shape index (κ1) is 20.5. The summed E-state index contributed by atoms with van der Waals surface area (Å²) in [5.41, 5.74) is 18.8. The van der Waals surface area contributed by atoms with Gasteiger partial charge in [-0.15, -0.1) is 0 Å². The fourth-order valence-corrected chi connectivity index (χ4v) is 5.89. The number of anilines is 1. The Bertz CT molecular complexity index is 1430. The van der Waals surface area contributed by atoms with Gasteiger partial charge in [-0.25, -0.2) is 0 Å². The van der Waals surface area contributed by atoms with Gasteiger partial charge in [0.15, 0.2) is 0 Å². The maximum atomic E-state index is 7.01. The van der Waals surface area contributed by atoms with Gasteiger partial charge in [0.2, 0.25) is 0 Å². The monoisotopic (exact) mass is 437 g/mol. The van der Waals surface area contributed by atoms with E-state index in [4.69, 9.17) is 5.73 Å². The summed E-state index contributed by atoms with van der Waals surface area (Å²) in [5, 5.41) is 0. The number of hydrogen-bond donors (Lipinski definition) is 1. The van der Waals surface area contributed by atoms with Crippen LogP contribution in [0.15, 0.2) is 121 Å². The van der Waals surface area contributed by atoms with Crippen LogP contribution >= 0.6 is 0 Å². The highest BCUT2D eigenvalue weighted by Crippen LogP contribution is 2.58. The lowest BCUT2D eigenvalue weighted by molar-refractivity contribution is 0.770. The highest BCUT2D eigenvalue weighted by molar-refractivity contribution is 5.92. The number of nitrogens with two attached hydrogens (primary N) is 1. The van der Waals surface area contributed by atoms with Crippen LogP contribution in [0.5, 0.6) is 0 Å². The zero-order chi connectivity index (χ0) is 23.1. The summed E-state index contributed by atoms with van der Waals surface area (Å²) >= 11 is 0. The van der Waals surface area contributed by atoms with Gasteiger partial charge in [0.25, 0.3) is 0 Å². The molecule has 0 aliphatic heterocycles. The van der Waals surface area contributed by atoms with Crippen LogP contribution in [0.1, 0.15) is 38.9 Å². The Morgan fingerprint density at radius 3 is 1.82 bits per heavy atom. The highest BCUT2D eigenvalue weighted by atomic mass is 14.6. The quantitative estimate of drug-likeness (QED) is 0.283. The van der Waals surface area contributed by atoms with E-state index in [1.54, 1.807) is 0 Å².